The van der Waals surface area contributed by atoms with Gasteiger partial charge in [0.25, 0.3) is 0 Å². The van der Waals surface area contributed by atoms with Gasteiger partial charge in [-0.25, -0.2) is 9.78 Å². The second kappa shape index (κ2) is 25.0. The minimum atomic E-state index is -1.71. The predicted octanol–water partition coefficient (Wildman–Crippen LogP) is -5.90. The van der Waals surface area contributed by atoms with E-state index >= 15 is 0 Å². The maximum Gasteiger partial charge on any atom is 0.326 e. The number of imidazole rings is 1. The fraction of sp³-hybridized carbons (Fsp3) is 0.611. The van der Waals surface area contributed by atoms with E-state index in [2.05, 4.69) is 41.9 Å². The summed E-state index contributed by atoms with van der Waals surface area (Å²) in [6.07, 6.45) is 1.37. The molecule has 1 aliphatic heterocycles. The summed E-state index contributed by atoms with van der Waals surface area (Å²) in [6, 6.07) is -10.0. The lowest BCUT2D eigenvalue weighted by molar-refractivity contribution is -0.144. The number of amides is 9. The van der Waals surface area contributed by atoms with Gasteiger partial charge in [-0.2, -0.15) is 0 Å². The zero-order chi connectivity index (χ0) is 46.7. The normalized spacial score (nSPS) is 16.8. The van der Waals surface area contributed by atoms with Crippen LogP contribution in [0.25, 0.3) is 0 Å². The molecule has 8 atom stereocenters. The van der Waals surface area contributed by atoms with Gasteiger partial charge >= 0.3 is 5.97 Å². The number of aliphatic carboxylic acids is 1. The minimum absolute atomic E-state index is 0.0451. The van der Waals surface area contributed by atoms with E-state index in [1.165, 1.54) is 12.5 Å². The van der Waals surface area contributed by atoms with E-state index in [1.807, 2.05) is 0 Å². The lowest BCUT2D eigenvalue weighted by Gasteiger charge is -2.31. The Balaban J connectivity index is 2.28. The molecule has 26 heteroatoms. The molecule has 26 nitrogen and oxygen atoms in total. The van der Waals surface area contributed by atoms with E-state index in [9.17, 15) is 53.1 Å². The number of nitrogens with zero attached hydrogens (tertiary/aromatic N) is 2. The first-order valence-electron chi connectivity index (χ1n) is 19.9. The maximum atomic E-state index is 14.0. The summed E-state index contributed by atoms with van der Waals surface area (Å²) >= 11 is 0. The first kappa shape index (κ1) is 51.3. The highest BCUT2D eigenvalue weighted by Crippen LogP contribution is 2.20. The number of aromatic amines is 1. The van der Waals surface area contributed by atoms with Crippen LogP contribution in [-0.4, -0.2) is 140 Å². The van der Waals surface area contributed by atoms with Gasteiger partial charge in [-0.15, -0.1) is 0 Å². The smallest absolute Gasteiger partial charge is 0.326 e. The van der Waals surface area contributed by atoms with Crippen LogP contribution in [0.3, 0.4) is 0 Å². The van der Waals surface area contributed by atoms with Crippen molar-refractivity contribution in [3.05, 3.63) is 18.2 Å². The first-order valence-corrected chi connectivity index (χ1v) is 19.9. The van der Waals surface area contributed by atoms with Gasteiger partial charge in [-0.05, 0) is 38.0 Å². The van der Waals surface area contributed by atoms with Gasteiger partial charge in [0.05, 0.1) is 30.9 Å². The van der Waals surface area contributed by atoms with E-state index < -0.39 is 127 Å². The molecule has 1 aromatic heterocycles. The van der Waals surface area contributed by atoms with E-state index in [-0.39, 0.29) is 57.6 Å². The third-order valence-electron chi connectivity index (χ3n) is 9.92. The lowest BCUT2D eigenvalue weighted by atomic mass is 9.96. The van der Waals surface area contributed by atoms with Crippen LogP contribution in [0, 0.1) is 11.3 Å². The maximum absolute atomic E-state index is 14.0. The molecule has 344 valence electrons. The summed E-state index contributed by atoms with van der Waals surface area (Å²) in [7, 11) is 0. The number of primary amides is 3. The van der Waals surface area contributed by atoms with Crippen LogP contribution in [-0.2, 0) is 54.4 Å². The van der Waals surface area contributed by atoms with Crippen LogP contribution in [0.4, 0.5) is 0 Å². The van der Waals surface area contributed by atoms with Gasteiger partial charge in [-0.1, -0.05) is 20.3 Å². The molecular weight excluding hydrogens is 818 g/mol. The quantitative estimate of drug-likeness (QED) is 0.0222. The molecule has 62 heavy (non-hydrogen) atoms. The summed E-state index contributed by atoms with van der Waals surface area (Å²) in [5.74, 6) is -10.7. The molecule has 2 heterocycles. The first-order chi connectivity index (χ1) is 29.1. The van der Waals surface area contributed by atoms with Gasteiger partial charge in [0.15, 0.2) is 5.96 Å². The lowest BCUT2D eigenvalue weighted by Crippen LogP contribution is -2.60. The van der Waals surface area contributed by atoms with Gasteiger partial charge < -0.3 is 75.6 Å². The molecule has 0 aliphatic carbocycles. The molecule has 9 amide bonds. The zero-order valence-electron chi connectivity index (χ0n) is 34.6. The Morgan fingerprint density at radius 3 is 2.02 bits per heavy atom. The molecule has 0 radical (unpaired) electrons. The Kier molecular flexibility index (Phi) is 20.7. The highest BCUT2D eigenvalue weighted by Gasteiger charge is 2.41. The molecule has 0 spiro atoms. The second-order valence-corrected chi connectivity index (χ2v) is 14.8. The minimum Gasteiger partial charge on any atom is -0.480 e. The molecule has 1 aromatic rings. The third kappa shape index (κ3) is 17.0. The van der Waals surface area contributed by atoms with Gasteiger partial charge in [0, 0.05) is 32.1 Å². The molecule has 0 unspecified atom stereocenters. The Bertz CT molecular complexity index is 1790. The summed E-state index contributed by atoms with van der Waals surface area (Å²) in [6.45, 7) is 3.44. The Morgan fingerprint density at radius 2 is 1.45 bits per heavy atom. The molecular formula is C36H59N15O11. The number of hydrogen-bond donors (Lipinski definition) is 14. The standard InChI is InChI=1S/C36H59N15O11/c1-3-17(2)28(33(59)47-21(35(61)62)6-4-10-44-36(41)42)50-30(56)20(8-9-25(38)52)46-32(58)24-7-5-11-51(24)34(60)23(14-27(40)54)49-31(57)22(13-26(39)53)48-29(55)19(37)12-18-15-43-16-45-18/h15-17,19-24,28H,3-14,37H2,1-2H3,(H2,38,52)(H2,39,53)(H2,40,54)(H,43,45)(H,46,58)(H,47,59)(H,48,55)(H,49,57)(H,50,56)(H,61,62)(H4,41,42,44)/t17-,19-,20-,21-,22-,23-,24-,28-/m0/s1. The summed E-state index contributed by atoms with van der Waals surface area (Å²) in [5, 5.41) is 31.6. The number of likely N-dealkylation sites (tertiary alicyclic amines) is 1. The van der Waals surface area contributed by atoms with Crippen molar-refractivity contribution in [2.75, 3.05) is 13.1 Å². The van der Waals surface area contributed by atoms with Gasteiger partial charge in [-0.3, -0.25) is 48.6 Å². The fourth-order valence-corrected chi connectivity index (χ4v) is 6.41. The van der Waals surface area contributed by atoms with E-state index in [4.69, 9.17) is 34.1 Å². The average Bonchev–Trinajstić information content (AvgIpc) is 3.90. The Morgan fingerprint density at radius 1 is 0.839 bits per heavy atom. The number of carboxylic acid groups (broad SMARTS) is 1. The highest BCUT2D eigenvalue weighted by molar-refractivity contribution is 5.99. The average molecular weight is 878 g/mol. The van der Waals surface area contributed by atoms with Crippen LogP contribution in [0.2, 0.25) is 0 Å². The van der Waals surface area contributed by atoms with Crippen LogP contribution in [0.15, 0.2) is 12.5 Å². The van der Waals surface area contributed by atoms with E-state index in [0.717, 1.165) is 4.90 Å². The van der Waals surface area contributed by atoms with Gasteiger partial charge in [0.2, 0.25) is 53.2 Å². The zero-order valence-corrected chi connectivity index (χ0v) is 34.6. The van der Waals surface area contributed by atoms with Crippen LogP contribution in [0.1, 0.15) is 77.3 Å². The second-order valence-electron chi connectivity index (χ2n) is 14.8. The molecule has 0 bridgehead atoms. The topological polar surface area (TPSA) is 449 Å². The third-order valence-corrected chi connectivity index (χ3v) is 9.92. The van der Waals surface area contributed by atoms with Crippen molar-refractivity contribution in [3.63, 3.8) is 0 Å². The van der Waals surface area contributed by atoms with Crippen LogP contribution < -0.4 is 60.6 Å². The van der Waals surface area contributed by atoms with Crippen molar-refractivity contribution in [3.8, 4) is 0 Å². The van der Waals surface area contributed by atoms with Crippen molar-refractivity contribution in [2.45, 2.75) is 120 Å². The molecule has 0 saturated carbocycles. The summed E-state index contributed by atoms with van der Waals surface area (Å²) < 4.78 is 0. The monoisotopic (exact) mass is 877 g/mol. The number of hydrogen-bond acceptors (Lipinski definition) is 13. The number of carbonyl (C=O) groups excluding carboxylic acids is 9. The number of nitrogens with two attached hydrogens (primary N) is 5. The molecule has 2 rings (SSSR count). The number of H-pyrrole nitrogens is 1. The molecule has 1 fully saturated rings. The number of nitrogens with one attached hydrogen (secondary N) is 8. The molecule has 0 aromatic carbocycles. The highest BCUT2D eigenvalue weighted by atomic mass is 16.4. The number of carbonyl (C=O) groups is 10. The predicted molar refractivity (Wildman–Crippen MR) is 217 cm³/mol. The van der Waals surface area contributed by atoms with E-state index in [1.54, 1.807) is 13.8 Å². The Hall–Kier alpha value is -6.86. The number of carboxylic acids is 1. The molecule has 1 aliphatic rings. The number of rotatable bonds is 27. The van der Waals surface area contributed by atoms with Crippen molar-refractivity contribution >= 4 is 65.1 Å². The van der Waals surface area contributed by atoms with Gasteiger partial charge in [0.1, 0.15) is 36.3 Å². The summed E-state index contributed by atoms with van der Waals surface area (Å²) in [5.41, 5.74) is 27.7. The molecule has 19 N–H and O–H groups in total. The largest absolute Gasteiger partial charge is 0.480 e. The molecule has 1 saturated heterocycles. The van der Waals surface area contributed by atoms with Crippen molar-refractivity contribution in [2.24, 2.45) is 34.6 Å². The SMILES string of the molecule is CC[C@H](C)[C@H](NC(=O)[C@H](CCC(N)=O)NC(=O)[C@@H]1CCCN1C(=O)[C@H](CC(N)=O)NC(=O)[C@H](CC(N)=O)NC(=O)[C@@H](N)Cc1c[nH]cn1)C(=O)N[C@@H](CCCNC(=N)N)C(=O)O. The van der Waals surface area contributed by atoms with E-state index in [0.29, 0.717) is 12.1 Å². The van der Waals surface area contributed by atoms with Crippen molar-refractivity contribution in [1.29, 1.82) is 5.41 Å². The number of aromatic nitrogens is 2. The summed E-state index contributed by atoms with van der Waals surface area (Å²) in [4.78, 5) is 137. The van der Waals surface area contributed by atoms with Crippen molar-refractivity contribution < 1.29 is 53.1 Å². The Labute approximate surface area is 356 Å². The van der Waals surface area contributed by atoms with Crippen LogP contribution >= 0.6 is 0 Å². The fourth-order valence-electron chi connectivity index (χ4n) is 6.41. The van der Waals surface area contributed by atoms with Crippen LogP contribution in [0.5, 0.6) is 0 Å². The van der Waals surface area contributed by atoms with Crippen molar-refractivity contribution in [1.82, 2.24) is 46.8 Å². The number of guanidine groups is 1.